The fourth-order valence-corrected chi connectivity index (χ4v) is 10.8. The Morgan fingerprint density at radius 1 is 0.900 bits per heavy atom. The summed E-state index contributed by atoms with van der Waals surface area (Å²) in [6.07, 6.45) is 7.94. The zero-order valence-corrected chi connectivity index (χ0v) is 23.2. The van der Waals surface area contributed by atoms with Crippen LogP contribution in [0.4, 0.5) is 0 Å². The molecular formula is C24H44O3Si3. The summed E-state index contributed by atoms with van der Waals surface area (Å²) in [5, 5.41) is 2.83. The average molecular weight is 465 g/mol. The van der Waals surface area contributed by atoms with Crippen LogP contribution >= 0.6 is 0 Å². The van der Waals surface area contributed by atoms with Crippen molar-refractivity contribution in [3.05, 3.63) is 41.6 Å². The molecule has 2 unspecified atom stereocenters. The first-order chi connectivity index (χ1) is 14.4. The SMILES string of the molecule is C=C(C)[SiH]1CCCCO1.C[Si]1(C)CCCCO1.Cc1ccccc1[SiH]1CCCCO1. The third-order valence-electron chi connectivity index (χ3n) is 6.11. The zero-order chi connectivity index (χ0) is 21.8. The standard InChI is InChI=1S/C11H16OSi.C7H14OSi.C6H14OSi/c1-10-6-2-3-7-11(10)13-9-5-4-8-12-13;1-7(2)9-6-4-3-5-8-9;1-8(2)6-4-3-5-7-8/h2-3,6-7,13H,4-5,8-9H2,1H3;9H,1,3-6H2,2H3;3-6H2,1-2H3. The molecule has 2 atom stereocenters. The van der Waals surface area contributed by atoms with E-state index in [2.05, 4.69) is 57.8 Å². The normalized spacial score (nSPS) is 25.7. The Kier molecular flexibility index (Phi) is 11.8. The van der Waals surface area contributed by atoms with E-state index < -0.39 is 26.4 Å². The van der Waals surface area contributed by atoms with Crippen LogP contribution in [0.5, 0.6) is 0 Å². The first-order valence-electron chi connectivity index (χ1n) is 12.0. The molecule has 170 valence electrons. The van der Waals surface area contributed by atoms with Gasteiger partial charge >= 0.3 is 0 Å². The molecule has 0 N–H and O–H groups in total. The van der Waals surface area contributed by atoms with E-state index in [0.29, 0.717) is 0 Å². The highest BCUT2D eigenvalue weighted by Crippen LogP contribution is 2.20. The van der Waals surface area contributed by atoms with E-state index in [9.17, 15) is 0 Å². The van der Waals surface area contributed by atoms with Crippen molar-refractivity contribution >= 4 is 31.6 Å². The maximum atomic E-state index is 5.88. The third-order valence-corrected chi connectivity index (χ3v) is 14.2. The van der Waals surface area contributed by atoms with Crippen LogP contribution in [0.1, 0.15) is 51.0 Å². The molecule has 0 saturated carbocycles. The summed E-state index contributed by atoms with van der Waals surface area (Å²) in [5.74, 6) is 0. The van der Waals surface area contributed by atoms with Crippen molar-refractivity contribution < 1.29 is 13.3 Å². The molecule has 6 heteroatoms. The van der Waals surface area contributed by atoms with E-state index in [1.165, 1.54) is 72.6 Å². The summed E-state index contributed by atoms with van der Waals surface area (Å²) in [7, 11) is -3.01. The minimum atomic E-state index is -1.09. The van der Waals surface area contributed by atoms with Gasteiger partial charge in [0.2, 0.25) is 18.1 Å². The predicted molar refractivity (Wildman–Crippen MR) is 137 cm³/mol. The first-order valence-corrected chi connectivity index (χ1v) is 18.8. The van der Waals surface area contributed by atoms with Gasteiger partial charge in [0.25, 0.3) is 0 Å². The van der Waals surface area contributed by atoms with Crippen molar-refractivity contribution in [3.8, 4) is 0 Å². The molecule has 0 aromatic heterocycles. The van der Waals surface area contributed by atoms with Crippen LogP contribution in [0, 0.1) is 6.92 Å². The van der Waals surface area contributed by atoms with Gasteiger partial charge in [-0.1, -0.05) is 48.7 Å². The molecule has 1 aromatic carbocycles. The molecule has 1 aromatic rings. The molecule has 3 heterocycles. The second-order valence-corrected chi connectivity index (χ2v) is 19.2. The van der Waals surface area contributed by atoms with Crippen LogP contribution in [-0.4, -0.2) is 46.2 Å². The Morgan fingerprint density at radius 2 is 1.57 bits per heavy atom. The minimum Gasteiger partial charge on any atom is -0.417 e. The van der Waals surface area contributed by atoms with Crippen molar-refractivity contribution in [2.24, 2.45) is 0 Å². The molecule has 3 fully saturated rings. The van der Waals surface area contributed by atoms with Gasteiger partial charge in [-0.05, 0) is 75.1 Å². The van der Waals surface area contributed by atoms with Gasteiger partial charge in [-0.15, -0.1) is 6.58 Å². The van der Waals surface area contributed by atoms with Gasteiger partial charge in [0.05, 0.1) is 0 Å². The van der Waals surface area contributed by atoms with Gasteiger partial charge in [-0.25, -0.2) is 0 Å². The summed E-state index contributed by atoms with van der Waals surface area (Å²) in [4.78, 5) is 0. The lowest BCUT2D eigenvalue weighted by molar-refractivity contribution is 0.275. The lowest BCUT2D eigenvalue weighted by Crippen LogP contribution is -2.37. The highest BCUT2D eigenvalue weighted by atomic mass is 28.4. The number of allylic oxidation sites excluding steroid dienone is 1. The molecule has 3 aliphatic rings. The van der Waals surface area contributed by atoms with E-state index in [1.807, 2.05) is 0 Å². The number of rotatable bonds is 2. The van der Waals surface area contributed by atoms with Crippen molar-refractivity contribution in [1.29, 1.82) is 0 Å². The molecule has 3 saturated heterocycles. The molecule has 3 nitrogen and oxygen atoms in total. The number of aryl methyl sites for hydroxylation is 1. The van der Waals surface area contributed by atoms with Crippen LogP contribution in [0.2, 0.25) is 31.2 Å². The molecule has 30 heavy (non-hydrogen) atoms. The summed E-state index contributed by atoms with van der Waals surface area (Å²) < 4.78 is 17.1. The van der Waals surface area contributed by atoms with Crippen LogP contribution < -0.4 is 5.19 Å². The van der Waals surface area contributed by atoms with Crippen molar-refractivity contribution in [2.45, 2.75) is 83.6 Å². The average Bonchev–Trinajstić information content (AvgIpc) is 2.76. The molecule has 0 amide bonds. The lowest BCUT2D eigenvalue weighted by atomic mass is 10.2. The van der Waals surface area contributed by atoms with Gasteiger partial charge < -0.3 is 13.3 Å². The zero-order valence-electron chi connectivity index (χ0n) is 19.9. The van der Waals surface area contributed by atoms with Crippen LogP contribution in [0.3, 0.4) is 0 Å². The van der Waals surface area contributed by atoms with Crippen molar-refractivity contribution in [1.82, 2.24) is 0 Å². The van der Waals surface area contributed by atoms with Crippen LogP contribution in [-0.2, 0) is 13.3 Å². The molecule has 0 spiro atoms. The van der Waals surface area contributed by atoms with E-state index in [4.69, 9.17) is 13.3 Å². The van der Waals surface area contributed by atoms with E-state index in [0.717, 1.165) is 19.8 Å². The van der Waals surface area contributed by atoms with E-state index in [-0.39, 0.29) is 0 Å². The lowest BCUT2D eigenvalue weighted by Gasteiger charge is -2.27. The summed E-state index contributed by atoms with van der Waals surface area (Å²) in [6, 6.07) is 12.7. The topological polar surface area (TPSA) is 27.7 Å². The molecule has 0 bridgehead atoms. The monoisotopic (exact) mass is 464 g/mol. The van der Waals surface area contributed by atoms with Crippen LogP contribution in [0.25, 0.3) is 0 Å². The Hall–Kier alpha value is -0.509. The van der Waals surface area contributed by atoms with Gasteiger partial charge in [0.15, 0.2) is 8.32 Å². The maximum absolute atomic E-state index is 5.88. The van der Waals surface area contributed by atoms with Gasteiger partial charge in [-0.3, -0.25) is 0 Å². The fourth-order valence-electron chi connectivity index (χ4n) is 4.14. The van der Waals surface area contributed by atoms with Crippen LogP contribution in [0.15, 0.2) is 36.0 Å². The summed E-state index contributed by atoms with van der Waals surface area (Å²) >= 11 is 0. The number of benzene rings is 1. The molecule has 0 radical (unpaired) electrons. The molecular weight excluding hydrogens is 421 g/mol. The van der Waals surface area contributed by atoms with E-state index in [1.54, 1.807) is 0 Å². The highest BCUT2D eigenvalue weighted by Gasteiger charge is 2.24. The minimum absolute atomic E-state index is 0.894. The maximum Gasteiger partial charge on any atom is 0.208 e. The largest absolute Gasteiger partial charge is 0.417 e. The summed E-state index contributed by atoms with van der Waals surface area (Å²) in [6.45, 7) is 15.8. The van der Waals surface area contributed by atoms with Gasteiger partial charge in [-0.2, -0.15) is 0 Å². The second kappa shape index (κ2) is 13.8. The number of hydrogen-bond acceptors (Lipinski definition) is 3. The third kappa shape index (κ3) is 9.75. The second-order valence-electron chi connectivity index (χ2n) is 9.48. The Labute approximate surface area is 189 Å². The molecule has 3 aliphatic heterocycles. The quantitative estimate of drug-likeness (QED) is 0.550. The first kappa shape index (κ1) is 25.7. The van der Waals surface area contributed by atoms with Crippen molar-refractivity contribution in [2.75, 3.05) is 19.8 Å². The van der Waals surface area contributed by atoms with Gasteiger partial charge in [0.1, 0.15) is 0 Å². The Balaban J connectivity index is 0.000000167. The predicted octanol–water partition coefficient (Wildman–Crippen LogP) is 5.37. The smallest absolute Gasteiger partial charge is 0.208 e. The Bertz CT molecular complexity index is 616. The van der Waals surface area contributed by atoms with E-state index >= 15 is 0 Å². The van der Waals surface area contributed by atoms with Gasteiger partial charge in [0, 0.05) is 19.8 Å². The van der Waals surface area contributed by atoms with Crippen molar-refractivity contribution in [3.63, 3.8) is 0 Å². The molecule has 0 aliphatic carbocycles. The summed E-state index contributed by atoms with van der Waals surface area (Å²) in [5.41, 5.74) is 1.42. The highest BCUT2D eigenvalue weighted by molar-refractivity contribution is 6.71. The fraction of sp³-hybridized carbons (Fsp3) is 0.667. The Morgan fingerprint density at radius 3 is 2.00 bits per heavy atom. The molecule has 4 rings (SSSR count). The number of hydrogen-bond donors (Lipinski definition) is 0.